The van der Waals surface area contributed by atoms with Crippen molar-refractivity contribution in [2.45, 2.75) is 45.4 Å². The van der Waals surface area contributed by atoms with Crippen molar-refractivity contribution in [2.24, 2.45) is 0 Å². The fraction of sp³-hybridized carbons (Fsp3) is 0.600. The van der Waals surface area contributed by atoms with Crippen molar-refractivity contribution < 1.29 is 9.84 Å². The molecular weight excluding hydrogens is 226 g/mol. The summed E-state index contributed by atoms with van der Waals surface area (Å²) in [5, 5.41) is 9.10. The summed E-state index contributed by atoms with van der Waals surface area (Å²) < 4.78 is 5.70. The molecule has 100 valence electrons. The van der Waals surface area contributed by atoms with Crippen LogP contribution >= 0.6 is 0 Å². The van der Waals surface area contributed by atoms with Crippen molar-refractivity contribution in [3.05, 3.63) is 29.8 Å². The van der Waals surface area contributed by atoms with Gasteiger partial charge in [0.15, 0.2) is 0 Å². The molecule has 1 aliphatic rings. The number of nitrogens with zero attached hydrogens (tertiary/aromatic N) is 1. The lowest BCUT2D eigenvalue weighted by atomic mass is 10.2. The van der Waals surface area contributed by atoms with E-state index in [-0.39, 0.29) is 12.7 Å². The van der Waals surface area contributed by atoms with Crippen molar-refractivity contribution in [1.29, 1.82) is 0 Å². The summed E-state index contributed by atoms with van der Waals surface area (Å²) in [7, 11) is 0. The van der Waals surface area contributed by atoms with Gasteiger partial charge in [0, 0.05) is 19.1 Å². The molecule has 3 heteroatoms. The van der Waals surface area contributed by atoms with Gasteiger partial charge in [0.1, 0.15) is 5.75 Å². The zero-order valence-electron chi connectivity index (χ0n) is 11.3. The van der Waals surface area contributed by atoms with Crippen LogP contribution in [0.3, 0.4) is 0 Å². The Morgan fingerprint density at radius 2 is 2.17 bits per heavy atom. The van der Waals surface area contributed by atoms with E-state index in [9.17, 15) is 0 Å². The minimum Gasteiger partial charge on any atom is -0.491 e. The highest BCUT2D eigenvalue weighted by Crippen LogP contribution is 2.28. The first-order valence-corrected chi connectivity index (χ1v) is 6.79. The normalized spacial score (nSPS) is 15.4. The third kappa shape index (κ3) is 4.00. The lowest BCUT2D eigenvalue weighted by Gasteiger charge is -2.21. The van der Waals surface area contributed by atoms with Gasteiger partial charge < -0.3 is 9.84 Å². The van der Waals surface area contributed by atoms with Crippen molar-refractivity contribution >= 4 is 0 Å². The maximum absolute atomic E-state index is 9.10. The van der Waals surface area contributed by atoms with Gasteiger partial charge in [0.25, 0.3) is 0 Å². The van der Waals surface area contributed by atoms with E-state index in [2.05, 4.69) is 17.0 Å². The number of hydrogen-bond acceptors (Lipinski definition) is 3. The number of hydrogen-bond donors (Lipinski definition) is 1. The molecule has 2 rings (SSSR count). The number of aliphatic hydroxyl groups is 1. The minimum atomic E-state index is 0.206. The Labute approximate surface area is 109 Å². The van der Waals surface area contributed by atoms with E-state index in [1.165, 1.54) is 18.4 Å². The van der Waals surface area contributed by atoms with Crippen LogP contribution in [0.15, 0.2) is 24.3 Å². The van der Waals surface area contributed by atoms with E-state index >= 15 is 0 Å². The fourth-order valence-corrected chi connectivity index (χ4v) is 2.18. The van der Waals surface area contributed by atoms with Gasteiger partial charge in [-0.25, -0.2) is 0 Å². The molecule has 1 N–H and O–H groups in total. The number of benzene rings is 1. The quantitative estimate of drug-likeness (QED) is 0.805. The molecule has 1 saturated carbocycles. The van der Waals surface area contributed by atoms with Crippen LogP contribution in [-0.4, -0.2) is 35.3 Å². The van der Waals surface area contributed by atoms with Crippen LogP contribution in [0.25, 0.3) is 0 Å². The van der Waals surface area contributed by atoms with Crippen LogP contribution in [0.4, 0.5) is 0 Å². The Bertz CT molecular complexity index is 375. The molecule has 1 aromatic carbocycles. The monoisotopic (exact) mass is 249 g/mol. The molecule has 1 fully saturated rings. The fourth-order valence-electron chi connectivity index (χ4n) is 2.18. The third-order valence-electron chi connectivity index (χ3n) is 3.11. The second kappa shape index (κ2) is 6.21. The first kappa shape index (κ1) is 13.4. The molecule has 3 nitrogen and oxygen atoms in total. The van der Waals surface area contributed by atoms with Crippen LogP contribution < -0.4 is 4.74 Å². The molecule has 0 aromatic heterocycles. The molecule has 0 spiro atoms. The average Bonchev–Trinajstić information content (AvgIpc) is 3.12. The first-order valence-electron chi connectivity index (χ1n) is 6.79. The molecule has 0 aliphatic heterocycles. The highest BCUT2D eigenvalue weighted by atomic mass is 16.5. The molecule has 0 amide bonds. The highest BCUT2D eigenvalue weighted by molar-refractivity contribution is 5.28. The summed E-state index contributed by atoms with van der Waals surface area (Å²) in [6, 6.07) is 8.94. The molecule has 0 heterocycles. The van der Waals surface area contributed by atoms with Crippen LogP contribution in [0.5, 0.6) is 5.75 Å². The van der Waals surface area contributed by atoms with E-state index in [1.54, 1.807) is 0 Å². The molecule has 1 aromatic rings. The van der Waals surface area contributed by atoms with Gasteiger partial charge in [0.05, 0.1) is 12.7 Å². The summed E-state index contributed by atoms with van der Waals surface area (Å²) in [6.07, 6.45) is 2.74. The zero-order chi connectivity index (χ0) is 13.0. The van der Waals surface area contributed by atoms with Crippen LogP contribution in [0, 0.1) is 0 Å². The molecule has 0 unspecified atom stereocenters. The topological polar surface area (TPSA) is 32.7 Å². The lowest BCUT2D eigenvalue weighted by molar-refractivity contribution is 0.183. The van der Waals surface area contributed by atoms with E-state index in [0.717, 1.165) is 18.8 Å². The van der Waals surface area contributed by atoms with Gasteiger partial charge in [-0.2, -0.15) is 0 Å². The number of rotatable bonds is 7. The van der Waals surface area contributed by atoms with Crippen LogP contribution in [0.2, 0.25) is 0 Å². The number of ether oxygens (including phenoxy) is 1. The summed E-state index contributed by atoms with van der Waals surface area (Å²) in [4.78, 5) is 2.36. The molecule has 0 saturated heterocycles. The third-order valence-corrected chi connectivity index (χ3v) is 3.11. The summed E-state index contributed by atoms with van der Waals surface area (Å²) in [5.41, 5.74) is 1.26. The Morgan fingerprint density at radius 1 is 1.39 bits per heavy atom. The van der Waals surface area contributed by atoms with Gasteiger partial charge in [0.2, 0.25) is 0 Å². The van der Waals surface area contributed by atoms with Crippen molar-refractivity contribution in [1.82, 2.24) is 4.90 Å². The van der Waals surface area contributed by atoms with Gasteiger partial charge in [-0.1, -0.05) is 12.1 Å². The average molecular weight is 249 g/mol. The molecule has 18 heavy (non-hydrogen) atoms. The van der Waals surface area contributed by atoms with Gasteiger partial charge in [-0.05, 0) is 44.4 Å². The summed E-state index contributed by atoms with van der Waals surface area (Å²) in [6.45, 7) is 5.98. The Hall–Kier alpha value is -1.06. The van der Waals surface area contributed by atoms with Gasteiger partial charge in [-0.3, -0.25) is 4.90 Å². The predicted octanol–water partition coefficient (Wildman–Crippen LogP) is 2.43. The van der Waals surface area contributed by atoms with Crippen LogP contribution in [0.1, 0.15) is 32.3 Å². The first-order chi connectivity index (χ1) is 8.69. The predicted molar refractivity (Wildman–Crippen MR) is 72.7 cm³/mol. The zero-order valence-corrected chi connectivity index (χ0v) is 11.3. The van der Waals surface area contributed by atoms with E-state index in [4.69, 9.17) is 9.84 Å². The number of aliphatic hydroxyl groups excluding tert-OH is 1. The maximum atomic E-state index is 9.10. The van der Waals surface area contributed by atoms with Crippen molar-refractivity contribution in [3.8, 4) is 5.75 Å². The maximum Gasteiger partial charge on any atom is 0.120 e. The largest absolute Gasteiger partial charge is 0.491 e. The second-order valence-electron chi connectivity index (χ2n) is 5.24. The Balaban J connectivity index is 1.98. The van der Waals surface area contributed by atoms with E-state index < -0.39 is 0 Å². The Morgan fingerprint density at radius 3 is 2.78 bits per heavy atom. The van der Waals surface area contributed by atoms with Crippen molar-refractivity contribution in [3.63, 3.8) is 0 Å². The SMILES string of the molecule is CC(C)Oc1cccc(CN(CCO)C2CC2)c1. The van der Waals surface area contributed by atoms with Crippen molar-refractivity contribution in [2.75, 3.05) is 13.2 Å². The molecule has 1 aliphatic carbocycles. The van der Waals surface area contributed by atoms with Gasteiger partial charge in [-0.15, -0.1) is 0 Å². The van der Waals surface area contributed by atoms with E-state index in [0.29, 0.717) is 6.04 Å². The second-order valence-corrected chi connectivity index (χ2v) is 5.24. The molecule has 0 radical (unpaired) electrons. The smallest absolute Gasteiger partial charge is 0.120 e. The van der Waals surface area contributed by atoms with Crippen LogP contribution in [-0.2, 0) is 6.54 Å². The lowest BCUT2D eigenvalue weighted by Crippen LogP contribution is -2.28. The van der Waals surface area contributed by atoms with Gasteiger partial charge >= 0.3 is 0 Å². The molecule has 0 bridgehead atoms. The molecule has 0 atom stereocenters. The minimum absolute atomic E-state index is 0.206. The Kier molecular flexibility index (Phi) is 4.61. The standard InChI is InChI=1S/C15H23NO2/c1-12(2)18-15-5-3-4-13(10-15)11-16(8-9-17)14-6-7-14/h3-5,10,12,14,17H,6-9,11H2,1-2H3. The highest BCUT2D eigenvalue weighted by Gasteiger charge is 2.28. The summed E-state index contributed by atoms with van der Waals surface area (Å²) >= 11 is 0. The van der Waals surface area contributed by atoms with E-state index in [1.807, 2.05) is 26.0 Å². The summed E-state index contributed by atoms with van der Waals surface area (Å²) in [5.74, 6) is 0.933. The molecular formula is C15H23NO2.